The quantitative estimate of drug-likeness (QED) is 0.394. The summed E-state index contributed by atoms with van der Waals surface area (Å²) in [6, 6.07) is 10.8. The Hall–Kier alpha value is 0.0600. The summed E-state index contributed by atoms with van der Waals surface area (Å²) in [6.07, 6.45) is 1.25. The molecule has 144 valence electrons. The molecule has 5 heteroatoms. The van der Waals surface area contributed by atoms with E-state index in [1.54, 1.807) is 0 Å². The van der Waals surface area contributed by atoms with Crippen LogP contribution in [0.15, 0.2) is 30.3 Å². The van der Waals surface area contributed by atoms with Crippen molar-refractivity contribution >= 4 is 5.69 Å². The molecule has 3 nitrogen and oxygen atoms in total. The molecule has 0 aliphatic heterocycles. The third-order valence-electron chi connectivity index (χ3n) is 3.54. The number of halogens is 2. The molecule has 0 bridgehead atoms. The average Bonchev–Trinajstić information content (AvgIpc) is 2.43. The Bertz CT molecular complexity index is 379. The predicted molar refractivity (Wildman–Crippen MR) is 101 cm³/mol. The van der Waals surface area contributed by atoms with Crippen LogP contribution in [-0.2, 0) is 0 Å². The highest BCUT2D eigenvalue weighted by Gasteiger charge is 2.17. The van der Waals surface area contributed by atoms with Gasteiger partial charge < -0.3 is 43.3 Å². The summed E-state index contributed by atoms with van der Waals surface area (Å²) >= 11 is 0. The molecular weight excluding hydrogens is 430 g/mol. The lowest BCUT2D eigenvalue weighted by molar-refractivity contribution is -0.849. The first-order valence-electron chi connectivity index (χ1n) is 8.50. The third kappa shape index (κ3) is 15.6. The minimum atomic E-state index is 0. The molecule has 0 atom stereocenters. The van der Waals surface area contributed by atoms with Crippen molar-refractivity contribution in [2.75, 3.05) is 68.5 Å². The van der Waals surface area contributed by atoms with Crippen LogP contribution in [0.2, 0.25) is 0 Å². The summed E-state index contributed by atoms with van der Waals surface area (Å²) in [4.78, 5) is 2.49. The predicted octanol–water partition coefficient (Wildman–Crippen LogP) is -2.68. The van der Waals surface area contributed by atoms with Gasteiger partial charge in [-0.1, -0.05) is 32.0 Å². The Morgan fingerprint density at radius 3 is 1.58 bits per heavy atom. The molecule has 0 amide bonds. The molecular formula is C19H39Br2N3. The zero-order valence-electron chi connectivity index (χ0n) is 17.0. The molecule has 0 fully saturated rings. The lowest BCUT2D eigenvalue weighted by atomic mass is 10.2. The van der Waals surface area contributed by atoms with Gasteiger partial charge in [0.15, 0.2) is 0 Å². The molecule has 0 spiro atoms. The monoisotopic (exact) mass is 467 g/mol. The van der Waals surface area contributed by atoms with Crippen molar-refractivity contribution in [3.05, 3.63) is 30.3 Å². The normalized spacial score (nSPS) is 11.0. The van der Waals surface area contributed by atoms with E-state index in [-0.39, 0.29) is 34.0 Å². The van der Waals surface area contributed by atoms with Crippen molar-refractivity contribution in [3.63, 3.8) is 0 Å². The van der Waals surface area contributed by atoms with E-state index >= 15 is 0 Å². The highest BCUT2D eigenvalue weighted by molar-refractivity contribution is 5.40. The van der Waals surface area contributed by atoms with E-state index < -0.39 is 0 Å². The number of hydrogen-bond donors (Lipinski definition) is 0. The minimum Gasteiger partial charge on any atom is -1.00 e. The van der Waals surface area contributed by atoms with Crippen molar-refractivity contribution in [2.45, 2.75) is 20.3 Å². The first-order chi connectivity index (χ1) is 10.1. The second-order valence-corrected chi connectivity index (χ2v) is 7.81. The van der Waals surface area contributed by atoms with Crippen molar-refractivity contribution < 1.29 is 38.4 Å². The van der Waals surface area contributed by atoms with Gasteiger partial charge in [0.05, 0.1) is 48.8 Å². The summed E-state index contributed by atoms with van der Waals surface area (Å²) in [7, 11) is 13.1. The fraction of sp³-hybridized carbons (Fsp3) is 0.684. The van der Waals surface area contributed by atoms with Crippen LogP contribution >= 0.6 is 0 Å². The van der Waals surface area contributed by atoms with Gasteiger partial charge in [-0.2, -0.15) is 0 Å². The van der Waals surface area contributed by atoms with E-state index in [2.05, 4.69) is 91.4 Å². The van der Waals surface area contributed by atoms with Crippen LogP contribution in [0.25, 0.3) is 0 Å². The Morgan fingerprint density at radius 1 is 0.792 bits per heavy atom. The number of para-hydroxylation sites is 1. The third-order valence-corrected chi connectivity index (χ3v) is 3.54. The van der Waals surface area contributed by atoms with Crippen molar-refractivity contribution in [3.8, 4) is 0 Å². The molecule has 24 heavy (non-hydrogen) atoms. The fourth-order valence-electron chi connectivity index (χ4n) is 2.19. The Kier molecular flexibility index (Phi) is 17.1. The maximum atomic E-state index is 2.49. The molecule has 0 saturated carbocycles. The van der Waals surface area contributed by atoms with Crippen LogP contribution in [0.1, 0.15) is 20.3 Å². The van der Waals surface area contributed by atoms with Gasteiger partial charge in [-0.15, -0.1) is 0 Å². The molecule has 0 saturated heterocycles. The molecule has 0 aliphatic rings. The molecule has 0 aromatic heterocycles. The molecule has 0 N–H and O–H groups in total. The SMILES string of the molecule is CCN(CC)CCC[N+](C)(C)c1ccccc1.C[N+](C)(C)C.[Br-].[Br-]. The largest absolute Gasteiger partial charge is 1.00 e. The van der Waals surface area contributed by atoms with Gasteiger partial charge in [-0.05, 0) is 25.2 Å². The average molecular weight is 469 g/mol. The summed E-state index contributed by atoms with van der Waals surface area (Å²) < 4.78 is 1.97. The Labute approximate surface area is 172 Å². The molecule has 1 rings (SSSR count). The van der Waals surface area contributed by atoms with Gasteiger partial charge in [0, 0.05) is 13.0 Å². The van der Waals surface area contributed by atoms with Gasteiger partial charge >= 0.3 is 0 Å². The van der Waals surface area contributed by atoms with Crippen LogP contribution < -0.4 is 38.4 Å². The molecule has 0 heterocycles. The summed E-state index contributed by atoms with van der Waals surface area (Å²) in [5.74, 6) is 0. The van der Waals surface area contributed by atoms with E-state index in [9.17, 15) is 0 Å². The summed E-state index contributed by atoms with van der Waals surface area (Å²) in [6.45, 7) is 9.20. The first-order valence-corrected chi connectivity index (χ1v) is 8.50. The van der Waals surface area contributed by atoms with Crippen LogP contribution in [0, 0.1) is 0 Å². The van der Waals surface area contributed by atoms with Crippen molar-refractivity contribution in [2.24, 2.45) is 0 Å². The van der Waals surface area contributed by atoms with E-state index in [0.29, 0.717) is 0 Å². The molecule has 1 aromatic carbocycles. The number of quaternary nitrogens is 2. The number of hydrogen-bond acceptors (Lipinski definition) is 1. The maximum Gasteiger partial charge on any atom is 0.132 e. The van der Waals surface area contributed by atoms with Gasteiger partial charge in [0.1, 0.15) is 5.69 Å². The Morgan fingerprint density at radius 2 is 1.21 bits per heavy atom. The lowest BCUT2D eigenvalue weighted by Crippen LogP contribution is -3.00. The highest BCUT2D eigenvalue weighted by atomic mass is 79.9. The maximum absolute atomic E-state index is 2.49. The van der Waals surface area contributed by atoms with Crippen molar-refractivity contribution in [1.82, 2.24) is 9.38 Å². The second kappa shape index (κ2) is 14.3. The Balaban J connectivity index is -0.000000554. The lowest BCUT2D eigenvalue weighted by Gasteiger charge is -2.30. The van der Waals surface area contributed by atoms with Gasteiger partial charge in [0.2, 0.25) is 0 Å². The zero-order chi connectivity index (χ0) is 17.2. The topological polar surface area (TPSA) is 3.24 Å². The van der Waals surface area contributed by atoms with Gasteiger partial charge in [-0.3, -0.25) is 4.48 Å². The van der Waals surface area contributed by atoms with Crippen LogP contribution in [0.3, 0.4) is 0 Å². The smallest absolute Gasteiger partial charge is 0.132 e. The summed E-state index contributed by atoms with van der Waals surface area (Å²) in [5, 5.41) is 0. The summed E-state index contributed by atoms with van der Waals surface area (Å²) in [5.41, 5.74) is 1.40. The van der Waals surface area contributed by atoms with E-state index in [1.807, 2.05) is 0 Å². The number of nitrogens with zero attached hydrogens (tertiary/aromatic N) is 3. The van der Waals surface area contributed by atoms with E-state index in [1.165, 1.54) is 25.2 Å². The molecule has 0 radical (unpaired) electrons. The fourth-order valence-corrected chi connectivity index (χ4v) is 2.19. The van der Waals surface area contributed by atoms with Crippen LogP contribution in [0.4, 0.5) is 5.69 Å². The van der Waals surface area contributed by atoms with E-state index in [0.717, 1.165) is 22.1 Å². The molecule has 0 aliphatic carbocycles. The molecule has 0 unspecified atom stereocenters. The van der Waals surface area contributed by atoms with E-state index in [4.69, 9.17) is 0 Å². The standard InChI is InChI=1S/C15H27N2.C4H12N.2BrH/c1-5-16(6-2)13-10-14-17(3,4)15-11-8-7-9-12-15;1-5(2,3)4;;/h7-9,11-12H,5-6,10,13-14H2,1-4H3;1-4H3;2*1H/q2*+1;;/p-2. The van der Waals surface area contributed by atoms with Crippen molar-refractivity contribution in [1.29, 1.82) is 0 Å². The van der Waals surface area contributed by atoms with Crippen LogP contribution in [-0.4, -0.2) is 77.8 Å². The second-order valence-electron chi connectivity index (χ2n) is 7.81. The van der Waals surface area contributed by atoms with Gasteiger partial charge in [-0.25, -0.2) is 0 Å². The van der Waals surface area contributed by atoms with Crippen LogP contribution in [0.5, 0.6) is 0 Å². The minimum absolute atomic E-state index is 0. The van der Waals surface area contributed by atoms with Gasteiger partial charge in [0.25, 0.3) is 0 Å². The first kappa shape index (κ1) is 28.8. The molecule has 1 aromatic rings. The highest BCUT2D eigenvalue weighted by Crippen LogP contribution is 2.18. The number of benzene rings is 1. The number of rotatable bonds is 7. The zero-order valence-corrected chi connectivity index (χ0v) is 20.2.